The zero-order chi connectivity index (χ0) is 57.1. The molecule has 0 aromatic carbocycles. The Hall–Kier alpha value is -3.48. The fraction of sp³-hybridized carbons (Fsp3) is 0.877. The molecule has 1 rings (SSSR count). The average molecular weight is 1100 g/mol. The van der Waals surface area contributed by atoms with Gasteiger partial charge in [-0.25, -0.2) is 0 Å². The number of hydrogen-bond donors (Lipinski definition) is 1. The van der Waals surface area contributed by atoms with Gasteiger partial charge in [-0.3, -0.25) is 14.4 Å². The predicted molar refractivity (Wildman–Crippen MR) is 309 cm³/mol. The van der Waals surface area contributed by atoms with Gasteiger partial charge in [-0.2, -0.15) is 0 Å². The molecule has 454 valence electrons. The van der Waals surface area contributed by atoms with Crippen LogP contribution in [0.4, 0.5) is 0 Å². The van der Waals surface area contributed by atoms with Crippen LogP contribution in [0.3, 0.4) is 0 Å². The number of nitrogens with one attached hydrogen (secondary N) is 1. The van der Waals surface area contributed by atoms with E-state index in [1.165, 1.54) is 180 Å². The lowest BCUT2D eigenvalue weighted by molar-refractivity contribution is -0.308. The molecule has 0 bridgehead atoms. The van der Waals surface area contributed by atoms with E-state index in [9.17, 15) is 44.1 Å². The van der Waals surface area contributed by atoms with Crippen LogP contribution in [0, 0.1) is 23.7 Å². The maximum Gasteiger partial charge on any atom is 0.306 e. The van der Waals surface area contributed by atoms with Crippen LogP contribution in [-0.2, 0) is 38.2 Å². The Balaban J connectivity index is 2.50. The van der Waals surface area contributed by atoms with E-state index < -0.39 is 23.9 Å². The fourth-order valence-corrected chi connectivity index (χ4v) is 11.4. The first-order valence-corrected chi connectivity index (χ1v) is 32.4. The van der Waals surface area contributed by atoms with E-state index in [1.54, 1.807) is 0 Å². The minimum atomic E-state index is -1.19. The minimum Gasteiger partial charge on any atom is -0.550 e. The van der Waals surface area contributed by atoms with E-state index in [0.717, 1.165) is 38.8 Å². The van der Waals surface area contributed by atoms with Crippen LogP contribution in [0.1, 0.15) is 303 Å². The molecule has 0 spiro atoms. The molecule has 0 aromatic heterocycles. The van der Waals surface area contributed by atoms with E-state index >= 15 is 0 Å². The van der Waals surface area contributed by atoms with Crippen LogP contribution >= 0.6 is 0 Å². The molecule has 1 fully saturated rings. The van der Waals surface area contributed by atoms with Crippen LogP contribution in [0.25, 0.3) is 0 Å². The third kappa shape index (κ3) is 44.3. The van der Waals surface area contributed by atoms with E-state index in [4.69, 9.17) is 9.47 Å². The smallest absolute Gasteiger partial charge is 0.306 e. The summed E-state index contributed by atoms with van der Waals surface area (Å²) in [5.41, 5.74) is 0.318. The lowest BCUT2D eigenvalue weighted by atomic mass is 9.78. The number of unbranched alkanes of at least 4 members (excludes halogenated alkanes) is 30. The Morgan fingerprint density at radius 2 is 0.756 bits per heavy atom. The predicted octanol–water partition coefficient (Wildman–Crippen LogP) is 12.4. The summed E-state index contributed by atoms with van der Waals surface area (Å²) in [6.07, 6.45) is 45.0. The quantitative estimate of drug-likeness (QED) is 0.0344. The van der Waals surface area contributed by atoms with Gasteiger partial charge >= 0.3 is 5.97 Å². The molecule has 1 N–H and O–H groups in total. The topological polar surface area (TPSA) is 205 Å². The number of carboxylic acids is 3. The Labute approximate surface area is 475 Å². The second-order valence-electron chi connectivity index (χ2n) is 23.4. The number of amides is 2. The molecule has 2 amide bonds. The van der Waals surface area contributed by atoms with Crippen molar-refractivity contribution in [3.63, 3.8) is 0 Å². The van der Waals surface area contributed by atoms with Crippen molar-refractivity contribution in [2.45, 2.75) is 303 Å². The van der Waals surface area contributed by atoms with Crippen molar-refractivity contribution < 1.29 is 53.6 Å². The van der Waals surface area contributed by atoms with Crippen molar-refractivity contribution in [3.05, 3.63) is 12.2 Å². The zero-order valence-electron chi connectivity index (χ0n) is 50.0. The van der Waals surface area contributed by atoms with Gasteiger partial charge in [0.05, 0.1) is 19.6 Å². The summed E-state index contributed by atoms with van der Waals surface area (Å²) in [6, 6.07) is 0. The van der Waals surface area contributed by atoms with Crippen LogP contribution < -0.4 is 20.6 Å². The first kappa shape index (κ1) is 72.5. The Bertz CT molecular complexity index is 1470. The second-order valence-corrected chi connectivity index (χ2v) is 23.4. The van der Waals surface area contributed by atoms with Crippen LogP contribution in [0.2, 0.25) is 0 Å². The summed E-state index contributed by atoms with van der Waals surface area (Å²) in [6.45, 7) is 10.5. The average Bonchev–Trinajstić information content (AvgIpc) is 3.40. The highest BCUT2D eigenvalue weighted by Crippen LogP contribution is 2.34. The summed E-state index contributed by atoms with van der Waals surface area (Å²) in [4.78, 5) is 76.1. The van der Waals surface area contributed by atoms with Gasteiger partial charge in [0.2, 0.25) is 11.8 Å². The first-order valence-electron chi connectivity index (χ1n) is 32.4. The van der Waals surface area contributed by atoms with E-state index in [1.807, 2.05) is 4.90 Å². The third-order valence-corrected chi connectivity index (χ3v) is 16.4. The Morgan fingerprint density at radius 1 is 0.436 bits per heavy atom. The standard InChI is InChI=1S/C65H118N2O11/c1-4-6-8-10-12-14-16-18-20-22-24-26-28-30-32-34-47-67(48-35-33-31-29-27-25-23-21-19-17-15-13-11-9-7-5-2)60(68)44-45-64(75)78-51-50-77-49-46-66-65(76)55(3)59-42-40-57(53-62(71)72)38-36-56(52-61(69)70)37-39-58(41-43-59)54-63(73)74/h56-59H,3-54H2,1-2H3,(H,66,76)(H,69,70)(H,71,72)(H,73,74)/p-3. The van der Waals surface area contributed by atoms with Crippen molar-refractivity contribution in [3.8, 4) is 0 Å². The SMILES string of the molecule is C=C(C(=O)NCCOCCOC(=O)CCC(=O)N(CCCCCCCCCCCCCCCCCC)CCCCCCCCCCCCCCCCCC)C1CCC(CC(=O)[O-])CCC(CC(=O)[O-])CCC(CC(=O)[O-])CC1. The molecule has 0 aliphatic heterocycles. The zero-order valence-corrected chi connectivity index (χ0v) is 50.0. The summed E-state index contributed by atoms with van der Waals surface area (Å²) >= 11 is 0. The number of nitrogens with zero attached hydrogens (tertiary/aromatic N) is 1. The first-order chi connectivity index (χ1) is 37.9. The molecule has 78 heavy (non-hydrogen) atoms. The van der Waals surface area contributed by atoms with Crippen molar-refractivity contribution in [1.82, 2.24) is 10.2 Å². The van der Waals surface area contributed by atoms with Gasteiger partial charge in [-0.05, 0) is 107 Å². The number of rotatable bonds is 51. The molecule has 13 heteroatoms. The molecule has 0 radical (unpaired) electrons. The van der Waals surface area contributed by atoms with Crippen LogP contribution in [-0.4, -0.2) is 80.0 Å². The monoisotopic (exact) mass is 1100 g/mol. The second kappa shape index (κ2) is 51.7. The van der Waals surface area contributed by atoms with Crippen molar-refractivity contribution in [2.24, 2.45) is 23.7 Å². The molecule has 1 aliphatic rings. The summed E-state index contributed by atoms with van der Waals surface area (Å²) in [5.74, 6) is -5.52. The molecule has 1 saturated carbocycles. The molecule has 0 saturated heterocycles. The maximum absolute atomic E-state index is 13.5. The largest absolute Gasteiger partial charge is 0.550 e. The van der Waals surface area contributed by atoms with E-state index in [2.05, 4.69) is 25.7 Å². The summed E-state index contributed by atoms with van der Waals surface area (Å²) in [5, 5.41) is 37.5. The summed E-state index contributed by atoms with van der Waals surface area (Å²) < 4.78 is 11.0. The van der Waals surface area contributed by atoms with Gasteiger partial charge in [0.25, 0.3) is 0 Å². The lowest BCUT2D eigenvalue weighted by Gasteiger charge is -2.29. The molecule has 0 heterocycles. The molecule has 2 atom stereocenters. The van der Waals surface area contributed by atoms with Gasteiger partial charge < -0.3 is 49.4 Å². The van der Waals surface area contributed by atoms with Gasteiger partial charge in [-0.15, -0.1) is 0 Å². The number of carbonyl (C=O) groups is 6. The third-order valence-electron chi connectivity index (χ3n) is 16.4. The molecule has 2 unspecified atom stereocenters. The van der Waals surface area contributed by atoms with Gasteiger partial charge in [-0.1, -0.05) is 213 Å². The van der Waals surface area contributed by atoms with E-state index in [0.29, 0.717) is 56.9 Å². The fourth-order valence-electron chi connectivity index (χ4n) is 11.4. The number of hydrogen-bond acceptors (Lipinski definition) is 11. The lowest BCUT2D eigenvalue weighted by Crippen LogP contribution is -2.33. The molecule has 0 aromatic rings. The van der Waals surface area contributed by atoms with Gasteiger partial charge in [0.15, 0.2) is 0 Å². The number of ether oxygens (including phenoxy) is 2. The molecule has 1 aliphatic carbocycles. The van der Waals surface area contributed by atoms with Gasteiger partial charge in [0.1, 0.15) is 6.61 Å². The Morgan fingerprint density at radius 3 is 1.09 bits per heavy atom. The van der Waals surface area contributed by atoms with Gasteiger partial charge in [0, 0.05) is 49.5 Å². The summed E-state index contributed by atoms with van der Waals surface area (Å²) in [7, 11) is 0. The van der Waals surface area contributed by atoms with Crippen molar-refractivity contribution in [2.75, 3.05) is 39.5 Å². The highest BCUT2D eigenvalue weighted by Gasteiger charge is 2.25. The molecular weight excluding hydrogens is 985 g/mol. The highest BCUT2D eigenvalue weighted by atomic mass is 16.6. The number of aliphatic carboxylic acids is 3. The van der Waals surface area contributed by atoms with Crippen molar-refractivity contribution in [1.29, 1.82) is 0 Å². The molecular formula is C65H115N2O11-3. The molecule has 13 nitrogen and oxygen atoms in total. The van der Waals surface area contributed by atoms with Crippen molar-refractivity contribution >= 4 is 35.7 Å². The number of carbonyl (C=O) groups excluding carboxylic acids is 6. The van der Waals surface area contributed by atoms with Crippen LogP contribution in [0.5, 0.6) is 0 Å². The van der Waals surface area contributed by atoms with E-state index in [-0.39, 0.29) is 94.0 Å². The van der Waals surface area contributed by atoms with Crippen LogP contribution in [0.15, 0.2) is 12.2 Å². The number of esters is 1. The number of carboxylic acid groups (broad SMARTS) is 3. The minimum absolute atomic E-state index is 0.0113. The highest BCUT2D eigenvalue weighted by molar-refractivity contribution is 5.93. The normalized spacial score (nSPS) is 17.2. The maximum atomic E-state index is 13.5. The Kier molecular flexibility index (Phi) is 48.0.